The molecule has 2 amide bonds. The first-order valence-electron chi connectivity index (χ1n) is 7.74. The highest BCUT2D eigenvalue weighted by atomic mass is 16.6. The summed E-state index contributed by atoms with van der Waals surface area (Å²) in [6.07, 6.45) is 0. The van der Waals surface area contributed by atoms with Crippen LogP contribution in [0.3, 0.4) is 0 Å². The lowest BCUT2D eigenvalue weighted by atomic mass is 9.95. The van der Waals surface area contributed by atoms with Crippen LogP contribution in [0.15, 0.2) is 35.5 Å². The fourth-order valence-corrected chi connectivity index (χ4v) is 2.46. The van der Waals surface area contributed by atoms with Gasteiger partial charge >= 0.3 is 12.0 Å². The first-order valence-corrected chi connectivity index (χ1v) is 7.74. The van der Waals surface area contributed by atoms with E-state index in [0.717, 1.165) is 5.56 Å². The van der Waals surface area contributed by atoms with Crippen molar-refractivity contribution in [2.75, 3.05) is 26.9 Å². The zero-order chi connectivity index (χ0) is 17.5. The highest BCUT2D eigenvalue weighted by Crippen LogP contribution is 2.29. The van der Waals surface area contributed by atoms with E-state index in [2.05, 4.69) is 10.6 Å². The van der Waals surface area contributed by atoms with Gasteiger partial charge in [-0.15, -0.1) is 0 Å². The summed E-state index contributed by atoms with van der Waals surface area (Å²) in [6.45, 7) is 4.55. The summed E-state index contributed by atoms with van der Waals surface area (Å²) in [5, 5.41) is 5.36. The summed E-state index contributed by atoms with van der Waals surface area (Å²) in [5.41, 5.74) is 1.57. The molecule has 1 heterocycles. The van der Waals surface area contributed by atoms with E-state index in [1.807, 2.05) is 25.1 Å². The van der Waals surface area contributed by atoms with Crippen molar-refractivity contribution < 1.29 is 23.8 Å². The molecule has 0 aromatic heterocycles. The van der Waals surface area contributed by atoms with Gasteiger partial charge in [-0.2, -0.15) is 0 Å². The van der Waals surface area contributed by atoms with Crippen LogP contribution in [0.25, 0.3) is 0 Å². The number of nitrogens with one attached hydrogen (secondary N) is 2. The van der Waals surface area contributed by atoms with Gasteiger partial charge in [-0.3, -0.25) is 0 Å². The smallest absolute Gasteiger partial charge is 0.338 e. The Morgan fingerprint density at radius 1 is 1.29 bits per heavy atom. The second kappa shape index (κ2) is 8.35. The first-order chi connectivity index (χ1) is 11.6. The monoisotopic (exact) mass is 334 g/mol. The molecule has 0 aliphatic carbocycles. The molecule has 1 aromatic rings. The number of allylic oxidation sites excluding steroid dienone is 1. The zero-order valence-electron chi connectivity index (χ0n) is 14.0. The molecule has 0 radical (unpaired) electrons. The van der Waals surface area contributed by atoms with Crippen molar-refractivity contribution in [2.24, 2.45) is 0 Å². The highest BCUT2D eigenvalue weighted by Gasteiger charge is 2.32. The summed E-state index contributed by atoms with van der Waals surface area (Å²) in [5.74, 6) is 0.177. The van der Waals surface area contributed by atoms with E-state index in [9.17, 15) is 9.59 Å². The minimum atomic E-state index is -0.603. The number of ether oxygens (including phenoxy) is 3. The van der Waals surface area contributed by atoms with E-state index >= 15 is 0 Å². The maximum absolute atomic E-state index is 12.4. The number of amides is 2. The highest BCUT2D eigenvalue weighted by molar-refractivity contribution is 5.95. The fourth-order valence-electron chi connectivity index (χ4n) is 2.46. The molecule has 0 saturated heterocycles. The average Bonchev–Trinajstić information content (AvgIpc) is 2.55. The number of esters is 1. The number of benzene rings is 1. The largest absolute Gasteiger partial charge is 0.494 e. The first kappa shape index (κ1) is 17.8. The minimum Gasteiger partial charge on any atom is -0.494 e. The van der Waals surface area contributed by atoms with Gasteiger partial charge in [0.1, 0.15) is 12.4 Å². The van der Waals surface area contributed by atoms with Crippen LogP contribution < -0.4 is 15.4 Å². The molecule has 0 spiro atoms. The standard InChI is InChI=1S/C17H22N2O5/c1-4-23-13-7-5-6-12(10-13)15-14(11(2)18-17(21)19-15)16(20)24-9-8-22-3/h5-7,10,15H,4,8-9H2,1-3H3,(H2,18,19,21)/t15-/m0/s1. The topological polar surface area (TPSA) is 85.9 Å². The van der Waals surface area contributed by atoms with E-state index in [-0.39, 0.29) is 12.6 Å². The van der Waals surface area contributed by atoms with Crippen LogP contribution in [0.4, 0.5) is 4.79 Å². The number of carbonyl (C=O) groups excluding carboxylic acids is 2. The van der Waals surface area contributed by atoms with Crippen LogP contribution in [-0.4, -0.2) is 38.9 Å². The molecule has 24 heavy (non-hydrogen) atoms. The Morgan fingerprint density at radius 3 is 2.79 bits per heavy atom. The van der Waals surface area contributed by atoms with Crippen LogP contribution in [0.5, 0.6) is 5.75 Å². The molecule has 0 saturated carbocycles. The second-order valence-electron chi connectivity index (χ2n) is 5.20. The number of hydrogen-bond acceptors (Lipinski definition) is 5. The van der Waals surface area contributed by atoms with Crippen LogP contribution in [0.1, 0.15) is 25.5 Å². The van der Waals surface area contributed by atoms with Gasteiger partial charge in [0.15, 0.2) is 0 Å². The van der Waals surface area contributed by atoms with E-state index < -0.39 is 12.0 Å². The number of carbonyl (C=O) groups is 2. The van der Waals surface area contributed by atoms with Gasteiger partial charge < -0.3 is 24.8 Å². The van der Waals surface area contributed by atoms with E-state index in [1.165, 1.54) is 7.11 Å². The lowest BCUT2D eigenvalue weighted by Crippen LogP contribution is -2.45. The number of hydrogen-bond donors (Lipinski definition) is 2. The second-order valence-corrected chi connectivity index (χ2v) is 5.20. The van der Waals surface area contributed by atoms with Crippen molar-refractivity contribution in [3.8, 4) is 5.75 Å². The fraction of sp³-hybridized carbons (Fsp3) is 0.412. The van der Waals surface area contributed by atoms with E-state index in [4.69, 9.17) is 14.2 Å². The van der Waals surface area contributed by atoms with Gasteiger partial charge in [-0.25, -0.2) is 9.59 Å². The molecule has 0 fully saturated rings. The van der Waals surface area contributed by atoms with Crippen LogP contribution in [-0.2, 0) is 14.3 Å². The Hall–Kier alpha value is -2.54. The third-order valence-corrected chi connectivity index (χ3v) is 3.51. The minimum absolute atomic E-state index is 0.145. The molecular weight excluding hydrogens is 312 g/mol. The van der Waals surface area contributed by atoms with Crippen LogP contribution in [0, 0.1) is 0 Å². The summed E-state index contributed by atoms with van der Waals surface area (Å²) in [7, 11) is 1.53. The van der Waals surface area contributed by atoms with Gasteiger partial charge in [0.25, 0.3) is 0 Å². The van der Waals surface area contributed by atoms with Gasteiger partial charge in [-0.05, 0) is 31.5 Å². The van der Waals surface area contributed by atoms with Gasteiger partial charge in [0.2, 0.25) is 0 Å². The molecule has 0 unspecified atom stereocenters. The molecule has 1 atom stereocenters. The maximum Gasteiger partial charge on any atom is 0.338 e. The summed E-state index contributed by atoms with van der Waals surface area (Å²) < 4.78 is 15.6. The number of methoxy groups -OCH3 is 1. The third-order valence-electron chi connectivity index (χ3n) is 3.51. The Labute approximate surface area is 141 Å². The van der Waals surface area contributed by atoms with E-state index in [0.29, 0.717) is 30.2 Å². The van der Waals surface area contributed by atoms with Crippen LogP contribution in [0.2, 0.25) is 0 Å². The SMILES string of the molecule is CCOc1cccc([C@@H]2NC(=O)NC(C)=C2C(=O)OCCOC)c1. The molecule has 130 valence electrons. The molecule has 0 bridgehead atoms. The molecule has 1 aliphatic heterocycles. The van der Waals surface area contributed by atoms with E-state index in [1.54, 1.807) is 13.0 Å². The van der Waals surface area contributed by atoms with Crippen molar-refractivity contribution in [1.29, 1.82) is 0 Å². The predicted molar refractivity (Wildman–Crippen MR) is 87.6 cm³/mol. The molecule has 7 nitrogen and oxygen atoms in total. The molecular formula is C17H22N2O5. The van der Waals surface area contributed by atoms with Crippen molar-refractivity contribution in [3.05, 3.63) is 41.1 Å². The van der Waals surface area contributed by atoms with Gasteiger partial charge in [0, 0.05) is 12.8 Å². The average molecular weight is 334 g/mol. The van der Waals surface area contributed by atoms with Crippen LogP contribution >= 0.6 is 0 Å². The summed E-state index contributed by atoms with van der Waals surface area (Å²) in [4.78, 5) is 24.3. The lowest BCUT2D eigenvalue weighted by molar-refractivity contribution is -0.140. The number of rotatable bonds is 7. The quantitative estimate of drug-likeness (QED) is 0.587. The lowest BCUT2D eigenvalue weighted by Gasteiger charge is -2.28. The molecule has 2 N–H and O–H groups in total. The molecule has 1 aliphatic rings. The molecule has 2 rings (SSSR count). The van der Waals surface area contributed by atoms with Crippen molar-refractivity contribution >= 4 is 12.0 Å². The molecule has 7 heteroatoms. The Morgan fingerprint density at radius 2 is 2.08 bits per heavy atom. The molecule has 1 aromatic carbocycles. The zero-order valence-corrected chi connectivity index (χ0v) is 14.0. The summed E-state index contributed by atoms with van der Waals surface area (Å²) >= 11 is 0. The Balaban J connectivity index is 2.30. The Bertz CT molecular complexity index is 642. The van der Waals surface area contributed by atoms with Crippen molar-refractivity contribution in [3.63, 3.8) is 0 Å². The maximum atomic E-state index is 12.4. The van der Waals surface area contributed by atoms with Crippen molar-refractivity contribution in [2.45, 2.75) is 19.9 Å². The number of urea groups is 1. The predicted octanol–water partition coefficient (Wildman–Crippen LogP) is 1.90. The summed E-state index contributed by atoms with van der Waals surface area (Å²) in [6, 6.07) is 6.30. The van der Waals surface area contributed by atoms with Crippen molar-refractivity contribution in [1.82, 2.24) is 10.6 Å². The normalized spacial score (nSPS) is 17.1. The Kier molecular flexibility index (Phi) is 6.20. The third kappa shape index (κ3) is 4.26. The van der Waals surface area contributed by atoms with Gasteiger partial charge in [0.05, 0.1) is 24.8 Å². The van der Waals surface area contributed by atoms with Gasteiger partial charge in [-0.1, -0.05) is 12.1 Å².